The number of nitrogens with two attached hydrogens (primary N) is 1. The molecule has 1 amide bonds. The van der Waals surface area contributed by atoms with Gasteiger partial charge in [0, 0.05) is 6.54 Å². The zero-order valence-electron chi connectivity index (χ0n) is 12.2. The summed E-state index contributed by atoms with van der Waals surface area (Å²) in [4.78, 5) is 12.2. The number of amides is 1. The molecule has 1 fully saturated rings. The Balaban J connectivity index is 1.78. The van der Waals surface area contributed by atoms with Crippen LogP contribution in [0.4, 0.5) is 0 Å². The highest BCUT2D eigenvalue weighted by Crippen LogP contribution is 2.25. The van der Waals surface area contributed by atoms with Crippen LogP contribution in [0, 0.1) is 0 Å². The Kier molecular flexibility index (Phi) is 5.01. The van der Waals surface area contributed by atoms with Crippen LogP contribution in [0.1, 0.15) is 37.7 Å². The van der Waals surface area contributed by atoms with E-state index < -0.39 is 5.54 Å². The van der Waals surface area contributed by atoms with Crippen LogP contribution >= 0.6 is 0 Å². The van der Waals surface area contributed by atoms with Gasteiger partial charge in [0.15, 0.2) is 0 Å². The lowest BCUT2D eigenvalue weighted by Crippen LogP contribution is -2.55. The number of nitrogens with one attached hydrogen (secondary N) is 1. The fraction of sp³-hybridized carbons (Fsp3) is 0.562. The van der Waals surface area contributed by atoms with Crippen molar-refractivity contribution in [2.75, 3.05) is 13.7 Å². The average molecular weight is 276 g/mol. The molecule has 20 heavy (non-hydrogen) atoms. The van der Waals surface area contributed by atoms with E-state index in [1.165, 1.54) is 12.0 Å². The van der Waals surface area contributed by atoms with Crippen LogP contribution in [-0.4, -0.2) is 25.1 Å². The summed E-state index contributed by atoms with van der Waals surface area (Å²) in [6, 6.07) is 7.90. The highest BCUT2D eigenvalue weighted by Gasteiger charge is 2.34. The van der Waals surface area contributed by atoms with Crippen molar-refractivity contribution >= 4 is 5.91 Å². The molecular formula is C16H24N2O2. The predicted molar refractivity (Wildman–Crippen MR) is 79.7 cm³/mol. The van der Waals surface area contributed by atoms with Gasteiger partial charge >= 0.3 is 0 Å². The Hall–Kier alpha value is -1.55. The lowest BCUT2D eigenvalue weighted by molar-refractivity contribution is -0.127. The smallest absolute Gasteiger partial charge is 0.240 e. The van der Waals surface area contributed by atoms with Crippen molar-refractivity contribution < 1.29 is 9.53 Å². The predicted octanol–water partition coefficient (Wildman–Crippen LogP) is 2.02. The van der Waals surface area contributed by atoms with E-state index in [0.29, 0.717) is 6.54 Å². The topological polar surface area (TPSA) is 64.3 Å². The molecular weight excluding hydrogens is 252 g/mol. The number of rotatable bonds is 5. The number of carbonyl (C=O) groups excluding carboxylic acids is 1. The summed E-state index contributed by atoms with van der Waals surface area (Å²) in [6.45, 7) is 0.629. The molecule has 0 saturated heterocycles. The maximum atomic E-state index is 12.2. The number of ether oxygens (including phenoxy) is 1. The second-order valence-electron chi connectivity index (χ2n) is 5.57. The summed E-state index contributed by atoms with van der Waals surface area (Å²) in [5, 5.41) is 2.97. The Bertz CT molecular complexity index is 436. The number of carbonyl (C=O) groups is 1. The van der Waals surface area contributed by atoms with E-state index in [1.54, 1.807) is 7.11 Å². The molecule has 0 aromatic heterocycles. The Morgan fingerprint density at radius 2 is 1.90 bits per heavy atom. The fourth-order valence-electron chi connectivity index (χ4n) is 2.70. The SMILES string of the molecule is COc1ccc(CCNC(=O)C2(N)CCCCC2)cc1. The van der Waals surface area contributed by atoms with Crippen molar-refractivity contribution in [1.29, 1.82) is 0 Å². The summed E-state index contributed by atoms with van der Waals surface area (Å²) in [6.07, 6.45) is 5.73. The molecule has 0 spiro atoms. The molecule has 0 bridgehead atoms. The summed E-state index contributed by atoms with van der Waals surface area (Å²) in [7, 11) is 1.65. The summed E-state index contributed by atoms with van der Waals surface area (Å²) >= 11 is 0. The third-order valence-corrected chi connectivity index (χ3v) is 4.06. The van der Waals surface area contributed by atoms with Crippen LogP contribution < -0.4 is 15.8 Å². The Labute approximate surface area is 120 Å². The van der Waals surface area contributed by atoms with Gasteiger partial charge in [-0.15, -0.1) is 0 Å². The van der Waals surface area contributed by atoms with E-state index in [0.717, 1.165) is 37.9 Å². The fourth-order valence-corrected chi connectivity index (χ4v) is 2.70. The Morgan fingerprint density at radius 3 is 2.50 bits per heavy atom. The van der Waals surface area contributed by atoms with Gasteiger partial charge in [-0.1, -0.05) is 31.4 Å². The van der Waals surface area contributed by atoms with Crippen molar-refractivity contribution in [2.45, 2.75) is 44.1 Å². The lowest BCUT2D eigenvalue weighted by Gasteiger charge is -2.31. The molecule has 1 aromatic carbocycles. The molecule has 110 valence electrons. The molecule has 1 saturated carbocycles. The molecule has 0 aliphatic heterocycles. The second-order valence-corrected chi connectivity index (χ2v) is 5.57. The minimum absolute atomic E-state index is 0.00529. The van der Waals surface area contributed by atoms with E-state index in [-0.39, 0.29) is 5.91 Å². The molecule has 1 aliphatic carbocycles. The molecule has 0 unspecified atom stereocenters. The van der Waals surface area contributed by atoms with Crippen molar-refractivity contribution in [3.63, 3.8) is 0 Å². The standard InChI is InChI=1S/C16H24N2O2/c1-20-14-7-5-13(6-8-14)9-12-18-15(19)16(17)10-3-2-4-11-16/h5-8H,2-4,9-12,17H2,1H3,(H,18,19). The van der Waals surface area contributed by atoms with Gasteiger partial charge in [0.25, 0.3) is 0 Å². The van der Waals surface area contributed by atoms with Gasteiger partial charge in [-0.25, -0.2) is 0 Å². The highest BCUT2D eigenvalue weighted by molar-refractivity contribution is 5.86. The molecule has 4 nitrogen and oxygen atoms in total. The van der Waals surface area contributed by atoms with Crippen LogP contribution in [0.2, 0.25) is 0 Å². The van der Waals surface area contributed by atoms with Crippen molar-refractivity contribution in [3.05, 3.63) is 29.8 Å². The largest absolute Gasteiger partial charge is 0.497 e. The summed E-state index contributed by atoms with van der Waals surface area (Å²) < 4.78 is 5.12. The lowest BCUT2D eigenvalue weighted by atomic mass is 9.82. The zero-order chi connectivity index (χ0) is 14.4. The molecule has 0 heterocycles. The highest BCUT2D eigenvalue weighted by atomic mass is 16.5. The monoisotopic (exact) mass is 276 g/mol. The first kappa shape index (κ1) is 14.9. The van der Waals surface area contributed by atoms with Gasteiger partial charge in [0.05, 0.1) is 12.6 Å². The van der Waals surface area contributed by atoms with Gasteiger partial charge in [0.2, 0.25) is 5.91 Å². The molecule has 1 aliphatic rings. The van der Waals surface area contributed by atoms with Gasteiger partial charge < -0.3 is 15.8 Å². The summed E-state index contributed by atoms with van der Waals surface area (Å²) in [5.74, 6) is 0.853. The first-order chi connectivity index (χ1) is 9.64. The maximum Gasteiger partial charge on any atom is 0.240 e. The van der Waals surface area contributed by atoms with Crippen molar-refractivity contribution in [3.8, 4) is 5.75 Å². The van der Waals surface area contributed by atoms with Crippen molar-refractivity contribution in [1.82, 2.24) is 5.32 Å². The van der Waals surface area contributed by atoms with Crippen LogP contribution in [0.5, 0.6) is 5.75 Å². The minimum atomic E-state index is -0.641. The number of hydrogen-bond acceptors (Lipinski definition) is 3. The number of benzene rings is 1. The zero-order valence-corrected chi connectivity index (χ0v) is 12.2. The third-order valence-electron chi connectivity index (χ3n) is 4.06. The van der Waals surface area contributed by atoms with E-state index in [4.69, 9.17) is 10.5 Å². The van der Waals surface area contributed by atoms with Crippen LogP contribution in [0.15, 0.2) is 24.3 Å². The van der Waals surface area contributed by atoms with E-state index in [2.05, 4.69) is 5.32 Å². The van der Waals surface area contributed by atoms with E-state index in [9.17, 15) is 4.79 Å². The minimum Gasteiger partial charge on any atom is -0.497 e. The normalized spacial score (nSPS) is 17.5. The van der Waals surface area contributed by atoms with Gasteiger partial charge in [-0.3, -0.25) is 4.79 Å². The molecule has 0 radical (unpaired) electrons. The van der Waals surface area contributed by atoms with Gasteiger partial charge in [-0.2, -0.15) is 0 Å². The van der Waals surface area contributed by atoms with E-state index in [1.807, 2.05) is 24.3 Å². The summed E-state index contributed by atoms with van der Waals surface area (Å²) in [5.41, 5.74) is 6.73. The Morgan fingerprint density at radius 1 is 1.25 bits per heavy atom. The molecule has 2 rings (SSSR count). The van der Waals surface area contributed by atoms with Crippen molar-refractivity contribution in [2.24, 2.45) is 5.73 Å². The van der Waals surface area contributed by atoms with Crippen LogP contribution in [0.3, 0.4) is 0 Å². The van der Waals surface area contributed by atoms with Crippen LogP contribution in [0.25, 0.3) is 0 Å². The molecule has 1 aromatic rings. The number of methoxy groups -OCH3 is 1. The molecule has 0 atom stereocenters. The first-order valence-corrected chi connectivity index (χ1v) is 7.34. The van der Waals surface area contributed by atoms with Gasteiger partial charge in [-0.05, 0) is 37.0 Å². The van der Waals surface area contributed by atoms with E-state index >= 15 is 0 Å². The third kappa shape index (κ3) is 3.73. The second kappa shape index (κ2) is 6.75. The quantitative estimate of drug-likeness (QED) is 0.864. The number of hydrogen-bond donors (Lipinski definition) is 2. The molecule has 4 heteroatoms. The van der Waals surface area contributed by atoms with Crippen LogP contribution in [-0.2, 0) is 11.2 Å². The first-order valence-electron chi connectivity index (χ1n) is 7.34. The van der Waals surface area contributed by atoms with Gasteiger partial charge in [0.1, 0.15) is 5.75 Å². The maximum absolute atomic E-state index is 12.2. The molecule has 3 N–H and O–H groups in total. The average Bonchev–Trinajstić information content (AvgIpc) is 2.48.